The minimum Gasteiger partial charge on any atom is -0.397 e. The van der Waals surface area contributed by atoms with E-state index in [0.29, 0.717) is 11.4 Å². The summed E-state index contributed by atoms with van der Waals surface area (Å²) in [6, 6.07) is 5.28. The van der Waals surface area contributed by atoms with E-state index < -0.39 is 0 Å². The van der Waals surface area contributed by atoms with Gasteiger partial charge in [0.15, 0.2) is 5.78 Å². The van der Waals surface area contributed by atoms with Gasteiger partial charge in [-0.2, -0.15) is 0 Å². The summed E-state index contributed by atoms with van der Waals surface area (Å²) in [4.78, 5) is 41.9. The Labute approximate surface area is 173 Å². The third-order valence-electron chi connectivity index (χ3n) is 5.15. The van der Waals surface area contributed by atoms with Gasteiger partial charge in [-0.3, -0.25) is 19.6 Å². The van der Waals surface area contributed by atoms with Gasteiger partial charge in [0.05, 0.1) is 29.5 Å². The van der Waals surface area contributed by atoms with E-state index in [0.717, 1.165) is 37.2 Å². The molecule has 4 heterocycles. The zero-order valence-corrected chi connectivity index (χ0v) is 16.4. The van der Waals surface area contributed by atoms with Gasteiger partial charge >= 0.3 is 0 Å². The van der Waals surface area contributed by atoms with Crippen molar-refractivity contribution in [1.29, 1.82) is 0 Å². The predicted molar refractivity (Wildman–Crippen MR) is 114 cm³/mol. The van der Waals surface area contributed by atoms with Crippen LogP contribution in [0.4, 0.5) is 11.4 Å². The van der Waals surface area contributed by atoms with Crippen molar-refractivity contribution in [3.05, 3.63) is 64.6 Å². The zero-order chi connectivity index (χ0) is 21.1. The molecule has 3 aromatic heterocycles. The molecular weight excluding hydrogens is 382 g/mol. The van der Waals surface area contributed by atoms with Crippen molar-refractivity contribution in [3.63, 3.8) is 0 Å². The molecule has 5 N–H and O–H groups in total. The van der Waals surface area contributed by atoms with Crippen LogP contribution < -0.4 is 21.9 Å². The van der Waals surface area contributed by atoms with Crippen LogP contribution in [0.1, 0.15) is 28.9 Å². The summed E-state index contributed by atoms with van der Waals surface area (Å²) < 4.78 is 0. The summed E-state index contributed by atoms with van der Waals surface area (Å²) >= 11 is 0. The van der Waals surface area contributed by atoms with Crippen molar-refractivity contribution in [2.24, 2.45) is 5.73 Å². The van der Waals surface area contributed by atoms with Crippen molar-refractivity contribution < 1.29 is 4.79 Å². The number of aromatic nitrogens is 4. The highest BCUT2D eigenvalue weighted by Gasteiger charge is 2.22. The number of aromatic amines is 1. The Hall–Kier alpha value is -3.59. The fourth-order valence-corrected chi connectivity index (χ4v) is 3.70. The predicted octanol–water partition coefficient (Wildman–Crippen LogP) is 1.16. The number of carbonyl (C=O) groups excluding carboxylic acids is 1. The molecule has 0 radical (unpaired) electrons. The highest BCUT2D eigenvalue weighted by Crippen LogP contribution is 2.25. The lowest BCUT2D eigenvalue weighted by Gasteiger charge is -2.33. The van der Waals surface area contributed by atoms with E-state index in [1.54, 1.807) is 24.5 Å². The molecule has 1 saturated heterocycles. The maximum atomic E-state index is 13.1. The molecule has 9 heteroatoms. The van der Waals surface area contributed by atoms with E-state index in [1.165, 1.54) is 12.4 Å². The first-order valence-electron chi connectivity index (χ1n) is 9.79. The van der Waals surface area contributed by atoms with Gasteiger partial charge in [-0.1, -0.05) is 0 Å². The Kier molecular flexibility index (Phi) is 5.53. The molecule has 1 fully saturated rings. The lowest BCUT2D eigenvalue weighted by atomic mass is 10.0. The fraction of sp³-hybridized carbons (Fsp3) is 0.286. The molecule has 0 amide bonds. The zero-order valence-electron chi connectivity index (χ0n) is 16.4. The maximum Gasteiger partial charge on any atom is 0.266 e. The number of carbonyl (C=O) groups is 1. The van der Waals surface area contributed by atoms with E-state index >= 15 is 0 Å². The second-order valence-corrected chi connectivity index (χ2v) is 7.40. The van der Waals surface area contributed by atoms with Crippen LogP contribution in [0.3, 0.4) is 0 Å². The number of Topliss-reactive ketones (excluding diaryl/α,β-unsaturated/α-hetero) is 1. The van der Waals surface area contributed by atoms with E-state index in [1.807, 2.05) is 6.07 Å². The molecule has 3 aromatic rings. The molecule has 0 aromatic carbocycles. The van der Waals surface area contributed by atoms with Crippen molar-refractivity contribution in [3.8, 4) is 11.4 Å². The maximum absolute atomic E-state index is 13.1. The lowest BCUT2D eigenvalue weighted by molar-refractivity contribution is 0.0989. The van der Waals surface area contributed by atoms with Gasteiger partial charge in [0.25, 0.3) is 5.56 Å². The van der Waals surface area contributed by atoms with Crippen LogP contribution >= 0.6 is 0 Å². The molecule has 0 bridgehead atoms. The molecule has 1 aliphatic heterocycles. The Bertz CT molecular complexity index is 1130. The number of nitrogens with zero attached hydrogens (tertiary/aromatic N) is 4. The summed E-state index contributed by atoms with van der Waals surface area (Å²) in [6.45, 7) is 1.64. The van der Waals surface area contributed by atoms with Crippen molar-refractivity contribution >= 4 is 17.2 Å². The van der Waals surface area contributed by atoms with E-state index in [-0.39, 0.29) is 35.2 Å². The number of anilines is 2. The molecule has 9 nitrogen and oxygen atoms in total. The molecule has 30 heavy (non-hydrogen) atoms. The van der Waals surface area contributed by atoms with Gasteiger partial charge < -0.3 is 21.4 Å². The quantitative estimate of drug-likeness (QED) is 0.537. The third-order valence-corrected chi connectivity index (χ3v) is 5.15. The third kappa shape index (κ3) is 4.20. The first kappa shape index (κ1) is 19.7. The van der Waals surface area contributed by atoms with Gasteiger partial charge in [-0.15, -0.1) is 0 Å². The molecule has 1 atom stereocenters. The molecule has 0 unspecified atom stereocenters. The van der Waals surface area contributed by atoms with Crippen LogP contribution in [0.5, 0.6) is 0 Å². The number of pyridine rings is 2. The fourth-order valence-electron chi connectivity index (χ4n) is 3.70. The average molecular weight is 405 g/mol. The minimum absolute atomic E-state index is 0.110. The minimum atomic E-state index is -0.348. The molecule has 0 aliphatic carbocycles. The molecule has 0 spiro atoms. The van der Waals surface area contributed by atoms with E-state index in [9.17, 15) is 9.59 Å². The van der Waals surface area contributed by atoms with Crippen LogP contribution in [0.15, 0.2) is 47.8 Å². The van der Waals surface area contributed by atoms with Crippen molar-refractivity contribution in [1.82, 2.24) is 19.9 Å². The van der Waals surface area contributed by atoms with Gasteiger partial charge in [0, 0.05) is 49.2 Å². The van der Waals surface area contributed by atoms with Crippen molar-refractivity contribution in [2.75, 3.05) is 23.7 Å². The molecular formula is C21H23N7O2. The van der Waals surface area contributed by atoms with E-state index in [2.05, 4.69) is 24.8 Å². The first-order valence-corrected chi connectivity index (χ1v) is 9.79. The normalized spacial score (nSPS) is 16.4. The number of rotatable bonds is 5. The second kappa shape index (κ2) is 8.42. The van der Waals surface area contributed by atoms with Gasteiger partial charge in [-0.05, 0) is 31.0 Å². The summed E-state index contributed by atoms with van der Waals surface area (Å²) in [5.74, 6) is -0.226. The smallest absolute Gasteiger partial charge is 0.266 e. The SMILES string of the molecule is Nc1ccc(-c2cncc(=O)[nH]2)nc1C(=O)Cc1cnccc1N1CCC[C@H](N)C1. The van der Waals surface area contributed by atoms with Crippen LogP contribution in [0.25, 0.3) is 11.4 Å². The Morgan fingerprint density at radius 3 is 2.87 bits per heavy atom. The second-order valence-electron chi connectivity index (χ2n) is 7.40. The topological polar surface area (TPSA) is 144 Å². The molecule has 0 saturated carbocycles. The Morgan fingerprint density at radius 2 is 2.07 bits per heavy atom. The first-order chi connectivity index (χ1) is 14.5. The Morgan fingerprint density at radius 1 is 1.20 bits per heavy atom. The number of piperidine rings is 1. The largest absolute Gasteiger partial charge is 0.397 e. The average Bonchev–Trinajstić information content (AvgIpc) is 2.74. The standard InChI is InChI=1S/C21H23N7O2/c22-14-2-1-7-28(12-14)18-5-6-24-9-13(18)8-19(29)21-15(23)3-4-16(27-21)17-10-25-11-20(30)26-17/h3-6,9-11,14H,1-2,7-8,12,22-23H2,(H,26,30)/t14-/m0/s1. The number of ketones is 1. The van der Waals surface area contributed by atoms with Crippen LogP contribution in [0.2, 0.25) is 0 Å². The molecule has 154 valence electrons. The summed E-state index contributed by atoms with van der Waals surface area (Å²) in [7, 11) is 0. The lowest BCUT2D eigenvalue weighted by Crippen LogP contribution is -2.43. The number of H-pyrrole nitrogens is 1. The van der Waals surface area contributed by atoms with Gasteiger partial charge in [-0.25, -0.2) is 4.98 Å². The summed E-state index contributed by atoms with van der Waals surface area (Å²) in [5.41, 5.74) is 14.9. The molecule has 4 rings (SSSR count). The highest BCUT2D eigenvalue weighted by molar-refractivity contribution is 6.01. The molecule has 1 aliphatic rings. The monoisotopic (exact) mass is 405 g/mol. The number of hydrogen-bond acceptors (Lipinski definition) is 8. The summed E-state index contributed by atoms with van der Waals surface area (Å²) in [6.07, 6.45) is 8.19. The summed E-state index contributed by atoms with van der Waals surface area (Å²) in [5, 5.41) is 0. The number of hydrogen-bond donors (Lipinski definition) is 3. The van der Waals surface area contributed by atoms with E-state index in [4.69, 9.17) is 11.5 Å². The number of nitrogens with one attached hydrogen (secondary N) is 1. The Balaban J connectivity index is 1.62. The number of nitrogens with two attached hydrogens (primary N) is 2. The van der Waals surface area contributed by atoms with Crippen LogP contribution in [-0.2, 0) is 6.42 Å². The van der Waals surface area contributed by atoms with Gasteiger partial charge in [0.2, 0.25) is 0 Å². The highest BCUT2D eigenvalue weighted by atomic mass is 16.1. The van der Waals surface area contributed by atoms with Gasteiger partial charge in [0.1, 0.15) is 5.69 Å². The van der Waals surface area contributed by atoms with Crippen molar-refractivity contribution in [2.45, 2.75) is 25.3 Å². The number of nitrogen functional groups attached to an aromatic ring is 1. The van der Waals surface area contributed by atoms with Crippen LogP contribution in [0, 0.1) is 0 Å². The van der Waals surface area contributed by atoms with Crippen LogP contribution in [-0.4, -0.2) is 44.9 Å².